The second kappa shape index (κ2) is 7.27. The van der Waals surface area contributed by atoms with E-state index in [1.54, 1.807) is 11.8 Å². The van der Waals surface area contributed by atoms with Crippen LogP contribution < -0.4 is 0 Å². The van der Waals surface area contributed by atoms with Crippen LogP contribution in [-0.4, -0.2) is 53.2 Å². The van der Waals surface area contributed by atoms with Crippen molar-refractivity contribution in [3.05, 3.63) is 36.0 Å². The highest BCUT2D eigenvalue weighted by Gasteiger charge is 2.30. The van der Waals surface area contributed by atoms with Gasteiger partial charge in [-0.2, -0.15) is 0 Å². The first-order valence-corrected chi connectivity index (χ1v) is 8.62. The summed E-state index contributed by atoms with van der Waals surface area (Å²) in [5.41, 5.74) is 1.85. The van der Waals surface area contributed by atoms with Crippen LogP contribution in [0.1, 0.15) is 26.3 Å². The maximum Gasteiger partial charge on any atom is 0.311 e. The molecule has 3 unspecified atom stereocenters. The first-order valence-electron chi connectivity index (χ1n) is 8.62. The molecule has 1 aliphatic heterocycles. The number of amides is 1. The SMILES string of the molecule is CC1CN(C(=O)C(C)OC(=O)Cc2c[nH]c3ccccc23)CC(C)O1. The molecule has 0 bridgehead atoms. The van der Waals surface area contributed by atoms with Crippen LogP contribution in [0.25, 0.3) is 10.9 Å². The molecule has 0 radical (unpaired) electrons. The average Bonchev–Trinajstić information content (AvgIpc) is 2.96. The van der Waals surface area contributed by atoms with E-state index in [-0.39, 0.29) is 24.5 Å². The van der Waals surface area contributed by atoms with Crippen molar-refractivity contribution >= 4 is 22.8 Å². The second-order valence-electron chi connectivity index (χ2n) is 6.67. The molecule has 1 fully saturated rings. The number of H-pyrrole nitrogens is 1. The highest BCUT2D eigenvalue weighted by molar-refractivity contribution is 5.88. The quantitative estimate of drug-likeness (QED) is 0.864. The Bertz CT molecular complexity index is 760. The van der Waals surface area contributed by atoms with Gasteiger partial charge in [-0.15, -0.1) is 0 Å². The van der Waals surface area contributed by atoms with Crippen molar-refractivity contribution in [1.82, 2.24) is 9.88 Å². The highest BCUT2D eigenvalue weighted by atomic mass is 16.5. The normalized spacial score (nSPS) is 22.0. The van der Waals surface area contributed by atoms with Crippen molar-refractivity contribution < 1.29 is 19.1 Å². The number of morpholine rings is 1. The zero-order valence-electron chi connectivity index (χ0n) is 14.8. The minimum atomic E-state index is -0.796. The zero-order valence-corrected chi connectivity index (χ0v) is 14.8. The van der Waals surface area contributed by atoms with Gasteiger partial charge >= 0.3 is 5.97 Å². The molecule has 1 amide bonds. The number of ether oxygens (including phenoxy) is 2. The number of hydrogen-bond donors (Lipinski definition) is 1. The van der Waals surface area contributed by atoms with E-state index in [1.807, 2.05) is 44.3 Å². The Labute approximate surface area is 147 Å². The second-order valence-corrected chi connectivity index (χ2v) is 6.67. The summed E-state index contributed by atoms with van der Waals surface area (Å²) in [6, 6.07) is 7.78. The van der Waals surface area contributed by atoms with Gasteiger partial charge in [0, 0.05) is 30.2 Å². The number of benzene rings is 1. The van der Waals surface area contributed by atoms with E-state index in [0.29, 0.717) is 13.1 Å². The van der Waals surface area contributed by atoms with E-state index in [2.05, 4.69) is 4.98 Å². The summed E-state index contributed by atoms with van der Waals surface area (Å²) in [7, 11) is 0. The lowest BCUT2D eigenvalue weighted by Gasteiger charge is -2.36. The highest BCUT2D eigenvalue weighted by Crippen LogP contribution is 2.19. The van der Waals surface area contributed by atoms with Gasteiger partial charge < -0.3 is 19.4 Å². The van der Waals surface area contributed by atoms with Crippen LogP contribution in [0.5, 0.6) is 0 Å². The molecule has 1 N–H and O–H groups in total. The summed E-state index contributed by atoms with van der Waals surface area (Å²) in [6.07, 6.45) is 1.13. The molecule has 6 heteroatoms. The van der Waals surface area contributed by atoms with Crippen LogP contribution in [0, 0.1) is 0 Å². The molecule has 1 aromatic carbocycles. The van der Waals surface area contributed by atoms with Gasteiger partial charge in [0.1, 0.15) is 0 Å². The fraction of sp³-hybridized carbons (Fsp3) is 0.474. The lowest BCUT2D eigenvalue weighted by atomic mass is 10.1. The molecule has 1 aromatic heterocycles. The smallest absolute Gasteiger partial charge is 0.311 e. The van der Waals surface area contributed by atoms with Crippen LogP contribution in [0.4, 0.5) is 0 Å². The standard InChI is InChI=1S/C19H24N2O4/c1-12-10-21(11-13(2)24-12)19(23)14(3)25-18(22)8-15-9-20-17-7-5-4-6-16(15)17/h4-7,9,12-14,20H,8,10-11H2,1-3H3. The van der Waals surface area contributed by atoms with Crippen molar-refractivity contribution in [2.75, 3.05) is 13.1 Å². The molecule has 0 saturated carbocycles. The van der Waals surface area contributed by atoms with E-state index in [1.165, 1.54) is 0 Å². The molecule has 1 saturated heterocycles. The van der Waals surface area contributed by atoms with E-state index < -0.39 is 12.1 Å². The number of nitrogens with one attached hydrogen (secondary N) is 1. The number of aromatic amines is 1. The summed E-state index contributed by atoms with van der Waals surface area (Å²) in [5, 5.41) is 0.995. The molecule has 134 valence electrons. The maximum atomic E-state index is 12.5. The first kappa shape index (κ1) is 17.5. The summed E-state index contributed by atoms with van der Waals surface area (Å²) >= 11 is 0. The number of rotatable bonds is 4. The van der Waals surface area contributed by atoms with Gasteiger partial charge in [0.05, 0.1) is 18.6 Å². The molecule has 6 nitrogen and oxygen atoms in total. The van der Waals surface area contributed by atoms with Gasteiger partial charge in [-0.25, -0.2) is 0 Å². The molecule has 3 atom stereocenters. The number of esters is 1. The van der Waals surface area contributed by atoms with Crippen molar-refractivity contribution in [1.29, 1.82) is 0 Å². The number of carbonyl (C=O) groups excluding carboxylic acids is 2. The van der Waals surface area contributed by atoms with Gasteiger partial charge in [0.25, 0.3) is 5.91 Å². The van der Waals surface area contributed by atoms with Gasteiger partial charge in [-0.1, -0.05) is 18.2 Å². The molecule has 0 spiro atoms. The fourth-order valence-corrected chi connectivity index (χ4v) is 3.34. The Hall–Kier alpha value is -2.34. The molecule has 25 heavy (non-hydrogen) atoms. The topological polar surface area (TPSA) is 71.6 Å². The minimum absolute atomic E-state index is 0.0122. The van der Waals surface area contributed by atoms with Crippen LogP contribution >= 0.6 is 0 Å². The lowest BCUT2D eigenvalue weighted by molar-refractivity contribution is -0.164. The van der Waals surface area contributed by atoms with Gasteiger partial charge in [-0.05, 0) is 32.4 Å². The molecular weight excluding hydrogens is 320 g/mol. The molecule has 2 aromatic rings. The fourth-order valence-electron chi connectivity index (χ4n) is 3.34. The molecular formula is C19H24N2O4. The molecule has 0 aliphatic carbocycles. The van der Waals surface area contributed by atoms with Crippen molar-refractivity contribution in [2.45, 2.75) is 45.5 Å². The summed E-state index contributed by atoms with van der Waals surface area (Å²) in [4.78, 5) is 29.6. The van der Waals surface area contributed by atoms with Gasteiger partial charge in [0.2, 0.25) is 0 Å². The largest absolute Gasteiger partial charge is 0.452 e. The summed E-state index contributed by atoms with van der Waals surface area (Å²) in [6.45, 7) is 6.54. The van der Waals surface area contributed by atoms with Crippen LogP contribution in [0.15, 0.2) is 30.5 Å². The van der Waals surface area contributed by atoms with E-state index >= 15 is 0 Å². The number of para-hydroxylation sites is 1. The van der Waals surface area contributed by atoms with E-state index in [9.17, 15) is 9.59 Å². The third-order valence-electron chi connectivity index (χ3n) is 4.40. The third-order valence-corrected chi connectivity index (χ3v) is 4.40. The Morgan fingerprint density at radius 1 is 1.28 bits per heavy atom. The number of nitrogens with zero attached hydrogens (tertiary/aromatic N) is 1. The van der Waals surface area contributed by atoms with Crippen molar-refractivity contribution in [3.63, 3.8) is 0 Å². The predicted octanol–water partition coefficient (Wildman–Crippen LogP) is 2.28. The Morgan fingerprint density at radius 2 is 1.96 bits per heavy atom. The minimum Gasteiger partial charge on any atom is -0.452 e. The van der Waals surface area contributed by atoms with Crippen molar-refractivity contribution in [2.24, 2.45) is 0 Å². The monoisotopic (exact) mass is 344 g/mol. The predicted molar refractivity (Wildman–Crippen MR) is 94.1 cm³/mol. The first-order chi connectivity index (χ1) is 11.9. The van der Waals surface area contributed by atoms with Crippen LogP contribution in [0.2, 0.25) is 0 Å². The molecule has 3 rings (SSSR count). The molecule has 2 heterocycles. The van der Waals surface area contributed by atoms with Gasteiger partial charge in [0.15, 0.2) is 6.10 Å². The Morgan fingerprint density at radius 3 is 2.68 bits per heavy atom. The zero-order chi connectivity index (χ0) is 18.0. The van der Waals surface area contributed by atoms with E-state index in [4.69, 9.17) is 9.47 Å². The number of hydrogen-bond acceptors (Lipinski definition) is 4. The maximum absolute atomic E-state index is 12.5. The number of fused-ring (bicyclic) bond motifs is 1. The lowest BCUT2D eigenvalue weighted by Crippen LogP contribution is -2.51. The third kappa shape index (κ3) is 4.02. The van der Waals surface area contributed by atoms with Crippen molar-refractivity contribution in [3.8, 4) is 0 Å². The Kier molecular flexibility index (Phi) is 5.08. The summed E-state index contributed by atoms with van der Waals surface area (Å²) < 4.78 is 11.0. The summed E-state index contributed by atoms with van der Waals surface area (Å²) in [5.74, 6) is -0.575. The van der Waals surface area contributed by atoms with Crippen LogP contribution in [0.3, 0.4) is 0 Å². The van der Waals surface area contributed by atoms with Gasteiger partial charge in [-0.3, -0.25) is 9.59 Å². The van der Waals surface area contributed by atoms with E-state index in [0.717, 1.165) is 16.5 Å². The average molecular weight is 344 g/mol. The number of aromatic nitrogens is 1. The Balaban J connectivity index is 1.59. The van der Waals surface area contributed by atoms with Crippen LogP contribution in [-0.2, 0) is 25.5 Å². The molecule has 1 aliphatic rings. The number of carbonyl (C=O) groups is 2.